The molecule has 5 nitrogen and oxygen atoms in total. The summed E-state index contributed by atoms with van der Waals surface area (Å²) in [5.41, 5.74) is 2.26. The highest BCUT2D eigenvalue weighted by Gasteiger charge is 2.29. The first-order chi connectivity index (χ1) is 12.1. The minimum Gasteiger partial charge on any atom is -0.496 e. The average Bonchev–Trinajstić information content (AvgIpc) is 3.47. The maximum atomic E-state index is 12.6. The molecule has 1 aliphatic carbocycles. The first-order valence-electron chi connectivity index (χ1n) is 8.37. The van der Waals surface area contributed by atoms with Crippen molar-refractivity contribution in [1.82, 2.24) is 4.90 Å². The lowest BCUT2D eigenvalue weighted by atomic mass is 10.1. The molecule has 2 aromatic carbocycles. The number of amides is 2. The predicted octanol–water partition coefficient (Wildman–Crippen LogP) is 3.32. The van der Waals surface area contributed by atoms with E-state index in [-0.39, 0.29) is 17.7 Å². The number of para-hydroxylation sites is 1. The monoisotopic (exact) mass is 338 g/mol. The molecule has 5 heteroatoms. The van der Waals surface area contributed by atoms with Crippen molar-refractivity contribution in [3.05, 3.63) is 59.7 Å². The summed E-state index contributed by atoms with van der Waals surface area (Å²) in [7, 11) is 3.38. The van der Waals surface area contributed by atoms with Crippen molar-refractivity contribution in [2.75, 3.05) is 19.5 Å². The van der Waals surface area contributed by atoms with Crippen LogP contribution >= 0.6 is 0 Å². The van der Waals surface area contributed by atoms with E-state index in [2.05, 4.69) is 5.32 Å². The molecular weight excluding hydrogens is 316 g/mol. The van der Waals surface area contributed by atoms with Crippen molar-refractivity contribution in [2.24, 2.45) is 5.92 Å². The van der Waals surface area contributed by atoms with Crippen LogP contribution in [-0.4, -0.2) is 30.9 Å². The molecule has 3 rings (SSSR count). The van der Waals surface area contributed by atoms with Crippen LogP contribution < -0.4 is 10.1 Å². The molecule has 130 valence electrons. The van der Waals surface area contributed by atoms with Crippen LogP contribution in [0.1, 0.15) is 28.8 Å². The summed E-state index contributed by atoms with van der Waals surface area (Å²) in [5, 5.41) is 2.87. The van der Waals surface area contributed by atoms with Gasteiger partial charge in [-0.3, -0.25) is 9.59 Å². The molecule has 0 atom stereocenters. The highest BCUT2D eigenvalue weighted by molar-refractivity contribution is 5.96. The lowest BCUT2D eigenvalue weighted by Crippen LogP contribution is -2.26. The van der Waals surface area contributed by atoms with Gasteiger partial charge in [0.25, 0.3) is 5.91 Å². The third kappa shape index (κ3) is 4.18. The summed E-state index contributed by atoms with van der Waals surface area (Å²) in [4.78, 5) is 26.0. The molecule has 0 heterocycles. The highest BCUT2D eigenvalue weighted by Crippen LogP contribution is 2.30. The predicted molar refractivity (Wildman–Crippen MR) is 96.6 cm³/mol. The maximum absolute atomic E-state index is 12.6. The van der Waals surface area contributed by atoms with Crippen molar-refractivity contribution in [3.63, 3.8) is 0 Å². The van der Waals surface area contributed by atoms with E-state index < -0.39 is 0 Å². The summed E-state index contributed by atoms with van der Waals surface area (Å²) in [6.45, 7) is 0.461. The Balaban J connectivity index is 1.64. The summed E-state index contributed by atoms with van der Waals surface area (Å²) in [6.07, 6.45) is 1.94. The maximum Gasteiger partial charge on any atom is 0.253 e. The number of hydrogen-bond acceptors (Lipinski definition) is 3. The van der Waals surface area contributed by atoms with Crippen LogP contribution in [0, 0.1) is 5.92 Å². The highest BCUT2D eigenvalue weighted by atomic mass is 16.5. The van der Waals surface area contributed by atoms with E-state index in [0.717, 1.165) is 29.8 Å². The summed E-state index contributed by atoms with van der Waals surface area (Å²) >= 11 is 0. The fourth-order valence-corrected chi connectivity index (χ4v) is 2.67. The molecule has 25 heavy (non-hydrogen) atoms. The SMILES string of the molecule is COc1ccccc1CN(C)C(=O)c1ccc(NC(=O)C2CC2)cc1. The van der Waals surface area contributed by atoms with Crippen LogP contribution in [0.2, 0.25) is 0 Å². The number of methoxy groups -OCH3 is 1. The Morgan fingerprint density at radius 2 is 1.80 bits per heavy atom. The van der Waals surface area contributed by atoms with Gasteiger partial charge in [0.2, 0.25) is 5.91 Å². The number of ether oxygens (including phenoxy) is 1. The zero-order valence-corrected chi connectivity index (χ0v) is 14.5. The lowest BCUT2D eigenvalue weighted by molar-refractivity contribution is -0.117. The molecule has 1 N–H and O–H groups in total. The number of nitrogens with zero attached hydrogens (tertiary/aromatic N) is 1. The van der Waals surface area contributed by atoms with Crippen LogP contribution in [0.15, 0.2) is 48.5 Å². The van der Waals surface area contributed by atoms with E-state index in [0.29, 0.717) is 12.1 Å². The number of nitrogens with one attached hydrogen (secondary N) is 1. The van der Waals surface area contributed by atoms with Gasteiger partial charge in [-0.05, 0) is 43.2 Å². The Morgan fingerprint density at radius 3 is 2.44 bits per heavy atom. The van der Waals surface area contributed by atoms with Gasteiger partial charge in [0.15, 0.2) is 0 Å². The second-order valence-corrected chi connectivity index (χ2v) is 6.31. The van der Waals surface area contributed by atoms with Crippen molar-refractivity contribution in [1.29, 1.82) is 0 Å². The van der Waals surface area contributed by atoms with E-state index in [1.165, 1.54) is 0 Å². The standard InChI is InChI=1S/C20H22N2O3/c1-22(13-16-5-3-4-6-18(16)25-2)20(24)15-9-11-17(12-10-15)21-19(23)14-7-8-14/h3-6,9-12,14H,7-8,13H2,1-2H3,(H,21,23). The van der Waals surface area contributed by atoms with Gasteiger partial charge in [-0.25, -0.2) is 0 Å². The second kappa shape index (κ2) is 7.38. The summed E-state index contributed by atoms with van der Waals surface area (Å²) in [6, 6.07) is 14.7. The van der Waals surface area contributed by atoms with Gasteiger partial charge in [0.1, 0.15) is 5.75 Å². The van der Waals surface area contributed by atoms with E-state index in [1.54, 1.807) is 43.3 Å². The molecule has 1 aliphatic rings. The number of hydrogen-bond donors (Lipinski definition) is 1. The van der Waals surface area contributed by atoms with Crippen LogP contribution in [0.4, 0.5) is 5.69 Å². The summed E-state index contributed by atoms with van der Waals surface area (Å²) in [5.74, 6) is 0.909. The Kier molecular flexibility index (Phi) is 5.03. The molecule has 0 unspecified atom stereocenters. The Labute approximate surface area is 147 Å². The van der Waals surface area contributed by atoms with Gasteiger partial charge in [0, 0.05) is 36.3 Å². The number of carbonyl (C=O) groups excluding carboxylic acids is 2. The number of rotatable bonds is 6. The number of benzene rings is 2. The normalized spacial score (nSPS) is 13.2. The zero-order valence-electron chi connectivity index (χ0n) is 14.5. The fraction of sp³-hybridized carbons (Fsp3) is 0.300. The quantitative estimate of drug-likeness (QED) is 0.879. The first kappa shape index (κ1) is 17.0. The zero-order chi connectivity index (χ0) is 17.8. The molecule has 1 fully saturated rings. The van der Waals surface area contributed by atoms with Crippen molar-refractivity contribution in [2.45, 2.75) is 19.4 Å². The van der Waals surface area contributed by atoms with Crippen LogP contribution in [0.3, 0.4) is 0 Å². The number of carbonyl (C=O) groups is 2. The van der Waals surface area contributed by atoms with Gasteiger partial charge in [-0.2, -0.15) is 0 Å². The lowest BCUT2D eigenvalue weighted by Gasteiger charge is -2.19. The first-order valence-corrected chi connectivity index (χ1v) is 8.37. The van der Waals surface area contributed by atoms with Gasteiger partial charge in [-0.15, -0.1) is 0 Å². The molecule has 0 radical (unpaired) electrons. The van der Waals surface area contributed by atoms with Gasteiger partial charge >= 0.3 is 0 Å². The van der Waals surface area contributed by atoms with Crippen LogP contribution in [0.5, 0.6) is 5.75 Å². The van der Waals surface area contributed by atoms with Gasteiger partial charge in [-0.1, -0.05) is 18.2 Å². The molecule has 2 amide bonds. The van der Waals surface area contributed by atoms with Crippen molar-refractivity contribution in [3.8, 4) is 5.75 Å². The Hall–Kier alpha value is -2.82. The molecule has 0 saturated heterocycles. The van der Waals surface area contributed by atoms with Crippen LogP contribution in [0.25, 0.3) is 0 Å². The minimum atomic E-state index is -0.0778. The van der Waals surface area contributed by atoms with Gasteiger partial charge < -0.3 is 15.0 Å². The smallest absolute Gasteiger partial charge is 0.253 e. The molecular formula is C20H22N2O3. The van der Waals surface area contributed by atoms with E-state index in [1.807, 2.05) is 24.3 Å². The Bertz CT molecular complexity index is 767. The van der Waals surface area contributed by atoms with E-state index in [9.17, 15) is 9.59 Å². The Morgan fingerprint density at radius 1 is 1.12 bits per heavy atom. The summed E-state index contributed by atoms with van der Waals surface area (Å²) < 4.78 is 5.33. The fourth-order valence-electron chi connectivity index (χ4n) is 2.67. The average molecular weight is 338 g/mol. The van der Waals surface area contributed by atoms with Gasteiger partial charge in [0.05, 0.1) is 7.11 Å². The van der Waals surface area contributed by atoms with E-state index >= 15 is 0 Å². The minimum absolute atomic E-state index is 0.0624. The molecule has 1 saturated carbocycles. The number of anilines is 1. The largest absolute Gasteiger partial charge is 0.496 e. The third-order valence-corrected chi connectivity index (χ3v) is 4.29. The molecule has 0 spiro atoms. The van der Waals surface area contributed by atoms with Crippen LogP contribution in [-0.2, 0) is 11.3 Å². The third-order valence-electron chi connectivity index (χ3n) is 4.29. The van der Waals surface area contributed by atoms with E-state index in [4.69, 9.17) is 4.74 Å². The topological polar surface area (TPSA) is 58.6 Å². The molecule has 2 aromatic rings. The van der Waals surface area contributed by atoms with Crippen molar-refractivity contribution >= 4 is 17.5 Å². The molecule has 0 aromatic heterocycles. The van der Waals surface area contributed by atoms with Crippen molar-refractivity contribution < 1.29 is 14.3 Å². The second-order valence-electron chi connectivity index (χ2n) is 6.31. The molecule has 0 bridgehead atoms. The molecule has 0 aliphatic heterocycles.